The van der Waals surface area contributed by atoms with E-state index in [2.05, 4.69) is 21.2 Å². The first kappa shape index (κ1) is 17.1. The number of ether oxygens (including phenoxy) is 1. The molecule has 2 fully saturated rings. The number of halogens is 1. The van der Waals surface area contributed by atoms with Crippen molar-refractivity contribution >= 4 is 33.4 Å². The second-order valence-electron chi connectivity index (χ2n) is 6.75. The maximum atomic E-state index is 12.4. The lowest BCUT2D eigenvalue weighted by Crippen LogP contribution is -2.29. The number of carbonyl (C=O) groups excluding carboxylic acids is 2. The monoisotopic (exact) mass is 414 g/mol. The van der Waals surface area contributed by atoms with Gasteiger partial charge in [0.25, 0.3) is 0 Å². The largest absolute Gasteiger partial charge is 0.457 e. The van der Waals surface area contributed by atoms with Crippen LogP contribution in [0.25, 0.3) is 0 Å². The van der Waals surface area contributed by atoms with E-state index >= 15 is 0 Å². The number of carbonyl (C=O) groups is 2. The van der Waals surface area contributed by atoms with Crippen molar-refractivity contribution in [3.63, 3.8) is 0 Å². The molecule has 6 heteroatoms. The fourth-order valence-corrected chi connectivity index (χ4v) is 3.40. The molecule has 1 unspecified atom stereocenters. The Morgan fingerprint density at radius 2 is 1.65 bits per heavy atom. The Morgan fingerprint density at radius 3 is 2.27 bits per heavy atom. The number of amides is 2. The predicted octanol–water partition coefficient (Wildman–Crippen LogP) is 4.19. The van der Waals surface area contributed by atoms with Gasteiger partial charge in [-0.25, -0.2) is 0 Å². The summed E-state index contributed by atoms with van der Waals surface area (Å²) in [6, 6.07) is 15.2. The van der Waals surface area contributed by atoms with Crippen LogP contribution in [0.5, 0.6) is 11.5 Å². The molecule has 2 aliphatic rings. The minimum Gasteiger partial charge on any atom is -0.457 e. The molecule has 26 heavy (non-hydrogen) atoms. The molecule has 1 saturated carbocycles. The minimum absolute atomic E-state index is 0.0944. The van der Waals surface area contributed by atoms with Crippen molar-refractivity contribution in [3.05, 3.63) is 53.0 Å². The van der Waals surface area contributed by atoms with Crippen molar-refractivity contribution in [1.29, 1.82) is 0 Å². The third-order valence-electron chi connectivity index (χ3n) is 4.69. The maximum absolute atomic E-state index is 12.4. The number of rotatable bonds is 5. The van der Waals surface area contributed by atoms with Crippen LogP contribution >= 0.6 is 15.9 Å². The van der Waals surface area contributed by atoms with Gasteiger partial charge in [-0.2, -0.15) is 0 Å². The molecular weight excluding hydrogens is 396 g/mol. The van der Waals surface area contributed by atoms with Crippen LogP contribution in [0.15, 0.2) is 53.0 Å². The van der Waals surface area contributed by atoms with E-state index in [0.717, 1.165) is 23.1 Å². The number of hydrogen-bond donors (Lipinski definition) is 1. The molecule has 0 bridgehead atoms. The van der Waals surface area contributed by atoms with Crippen molar-refractivity contribution in [2.45, 2.75) is 25.3 Å². The van der Waals surface area contributed by atoms with Gasteiger partial charge in [0.05, 0.1) is 5.92 Å². The zero-order valence-electron chi connectivity index (χ0n) is 14.2. The number of hydrogen-bond acceptors (Lipinski definition) is 3. The molecule has 4 rings (SSSR count). The Hall–Kier alpha value is -2.34. The SMILES string of the molecule is O=C(Nc1ccc(Oc2ccc(Br)cc2)cc1)C1CC(=O)N(C2CC2)C1. The molecule has 2 aromatic rings. The first-order valence-electron chi connectivity index (χ1n) is 8.72. The standard InChI is InChI=1S/C20H19BrN2O3/c21-14-1-7-17(8-2-14)26-18-9-3-15(4-10-18)22-20(25)13-11-19(24)23(12-13)16-5-6-16/h1-4,7-10,13,16H,5-6,11-12H2,(H,22,25). The van der Waals surface area contributed by atoms with Crippen LogP contribution in [0.1, 0.15) is 19.3 Å². The Kier molecular flexibility index (Phi) is 4.68. The van der Waals surface area contributed by atoms with E-state index in [1.807, 2.05) is 53.4 Å². The number of anilines is 1. The molecule has 1 aliphatic carbocycles. The number of benzene rings is 2. The summed E-state index contributed by atoms with van der Waals surface area (Å²) in [5, 5.41) is 2.90. The van der Waals surface area contributed by atoms with Gasteiger partial charge in [0.1, 0.15) is 11.5 Å². The first-order chi connectivity index (χ1) is 12.6. The van der Waals surface area contributed by atoms with Crippen molar-refractivity contribution in [3.8, 4) is 11.5 Å². The lowest BCUT2D eigenvalue weighted by atomic mass is 10.1. The van der Waals surface area contributed by atoms with E-state index in [-0.39, 0.29) is 17.7 Å². The van der Waals surface area contributed by atoms with Crippen LogP contribution in [-0.4, -0.2) is 29.3 Å². The molecular formula is C20H19BrN2O3. The van der Waals surface area contributed by atoms with Crippen LogP contribution in [0, 0.1) is 5.92 Å². The van der Waals surface area contributed by atoms with E-state index in [4.69, 9.17) is 4.74 Å². The highest BCUT2D eigenvalue weighted by Crippen LogP contribution is 2.33. The predicted molar refractivity (Wildman–Crippen MR) is 102 cm³/mol. The van der Waals surface area contributed by atoms with Crippen molar-refractivity contribution in [2.24, 2.45) is 5.92 Å². The van der Waals surface area contributed by atoms with E-state index in [1.165, 1.54) is 0 Å². The van der Waals surface area contributed by atoms with E-state index in [9.17, 15) is 9.59 Å². The van der Waals surface area contributed by atoms with Gasteiger partial charge in [-0.15, -0.1) is 0 Å². The highest BCUT2D eigenvalue weighted by molar-refractivity contribution is 9.10. The molecule has 1 atom stereocenters. The lowest BCUT2D eigenvalue weighted by Gasteiger charge is -2.15. The van der Waals surface area contributed by atoms with Gasteiger partial charge < -0.3 is 15.0 Å². The molecule has 0 aromatic heterocycles. The Labute approximate surface area is 160 Å². The van der Waals surface area contributed by atoms with Gasteiger partial charge in [-0.1, -0.05) is 15.9 Å². The topological polar surface area (TPSA) is 58.6 Å². The summed E-state index contributed by atoms with van der Waals surface area (Å²) in [7, 11) is 0. The molecule has 0 spiro atoms. The summed E-state index contributed by atoms with van der Waals surface area (Å²) in [6.07, 6.45) is 2.45. The van der Waals surface area contributed by atoms with Gasteiger partial charge in [0, 0.05) is 29.2 Å². The smallest absolute Gasteiger partial charge is 0.229 e. The third-order valence-corrected chi connectivity index (χ3v) is 5.22. The molecule has 2 amide bonds. The average molecular weight is 415 g/mol. The number of likely N-dealkylation sites (tertiary alicyclic amines) is 1. The van der Waals surface area contributed by atoms with Crippen LogP contribution in [0.3, 0.4) is 0 Å². The van der Waals surface area contributed by atoms with Gasteiger partial charge in [-0.05, 0) is 61.4 Å². The molecule has 0 radical (unpaired) electrons. The van der Waals surface area contributed by atoms with Crippen LogP contribution in [0.4, 0.5) is 5.69 Å². The molecule has 2 aromatic carbocycles. The van der Waals surface area contributed by atoms with E-state index in [0.29, 0.717) is 30.4 Å². The summed E-state index contributed by atoms with van der Waals surface area (Å²) in [6.45, 7) is 0.542. The molecule has 1 N–H and O–H groups in total. The normalized spacial score (nSPS) is 19.5. The molecule has 134 valence electrons. The Balaban J connectivity index is 1.34. The van der Waals surface area contributed by atoms with E-state index in [1.54, 1.807) is 0 Å². The Bertz CT molecular complexity index is 816. The van der Waals surface area contributed by atoms with Crippen LogP contribution in [-0.2, 0) is 9.59 Å². The lowest BCUT2D eigenvalue weighted by molar-refractivity contribution is -0.128. The van der Waals surface area contributed by atoms with Crippen LogP contribution < -0.4 is 10.1 Å². The van der Waals surface area contributed by atoms with Gasteiger partial charge in [0.2, 0.25) is 11.8 Å². The van der Waals surface area contributed by atoms with Gasteiger partial charge in [-0.3, -0.25) is 9.59 Å². The number of nitrogens with one attached hydrogen (secondary N) is 1. The molecule has 1 aliphatic heterocycles. The zero-order chi connectivity index (χ0) is 18.1. The highest BCUT2D eigenvalue weighted by atomic mass is 79.9. The second kappa shape index (κ2) is 7.11. The van der Waals surface area contributed by atoms with Crippen LogP contribution in [0.2, 0.25) is 0 Å². The Morgan fingerprint density at radius 1 is 1.04 bits per heavy atom. The van der Waals surface area contributed by atoms with Crippen molar-refractivity contribution < 1.29 is 14.3 Å². The second-order valence-corrected chi connectivity index (χ2v) is 7.66. The summed E-state index contributed by atoms with van der Waals surface area (Å²) in [4.78, 5) is 26.3. The maximum Gasteiger partial charge on any atom is 0.229 e. The van der Waals surface area contributed by atoms with E-state index < -0.39 is 0 Å². The van der Waals surface area contributed by atoms with Crippen molar-refractivity contribution in [2.75, 3.05) is 11.9 Å². The highest BCUT2D eigenvalue weighted by Gasteiger charge is 2.41. The molecule has 1 heterocycles. The molecule has 5 nitrogen and oxygen atoms in total. The summed E-state index contributed by atoms with van der Waals surface area (Å²) < 4.78 is 6.76. The third kappa shape index (κ3) is 3.90. The zero-order valence-corrected chi connectivity index (χ0v) is 15.7. The fraction of sp³-hybridized carbons (Fsp3) is 0.300. The summed E-state index contributed by atoms with van der Waals surface area (Å²) in [5.74, 6) is 1.19. The minimum atomic E-state index is -0.262. The number of nitrogens with zero attached hydrogens (tertiary/aromatic N) is 1. The van der Waals surface area contributed by atoms with Gasteiger partial charge >= 0.3 is 0 Å². The first-order valence-corrected chi connectivity index (χ1v) is 9.51. The molecule has 1 saturated heterocycles. The van der Waals surface area contributed by atoms with Crippen molar-refractivity contribution in [1.82, 2.24) is 4.90 Å². The fourth-order valence-electron chi connectivity index (χ4n) is 3.14. The quantitative estimate of drug-likeness (QED) is 0.797. The summed E-state index contributed by atoms with van der Waals surface area (Å²) in [5.41, 5.74) is 0.704. The average Bonchev–Trinajstić information content (AvgIpc) is 3.40. The van der Waals surface area contributed by atoms with Gasteiger partial charge in [0.15, 0.2) is 0 Å². The summed E-state index contributed by atoms with van der Waals surface area (Å²) >= 11 is 3.39.